The van der Waals surface area contributed by atoms with Crippen molar-refractivity contribution in [2.75, 3.05) is 37.0 Å². The Hall–Kier alpha value is -2.19. The lowest BCUT2D eigenvalue weighted by Crippen LogP contribution is -2.52. The highest BCUT2D eigenvalue weighted by atomic mass is 35.5. The summed E-state index contributed by atoms with van der Waals surface area (Å²) >= 11 is 7.76. The van der Waals surface area contributed by atoms with Gasteiger partial charge in [0, 0.05) is 47.7 Å². The van der Waals surface area contributed by atoms with E-state index in [1.165, 1.54) is 23.1 Å². The van der Waals surface area contributed by atoms with E-state index in [1.54, 1.807) is 0 Å². The van der Waals surface area contributed by atoms with E-state index >= 15 is 0 Å². The average molecular weight is 581 g/mol. The number of aryl methyl sites for hydroxylation is 1. The molecule has 4 bridgehead atoms. The Morgan fingerprint density at radius 1 is 1.15 bits per heavy atom. The number of aliphatic hydroxyl groups is 1. The zero-order valence-corrected chi connectivity index (χ0v) is 24.3. The van der Waals surface area contributed by atoms with Crippen LogP contribution < -0.4 is 14.4 Å². The number of ether oxygens (including phenoxy) is 2. The van der Waals surface area contributed by atoms with Gasteiger partial charge in [0.05, 0.1) is 30.6 Å². The third-order valence-corrected chi connectivity index (χ3v) is 10.8. The average Bonchev–Trinajstić information content (AvgIpc) is 3.07. The van der Waals surface area contributed by atoms with Crippen LogP contribution in [0.15, 0.2) is 48.6 Å². The molecule has 1 saturated carbocycles. The maximum atomic E-state index is 13.1. The van der Waals surface area contributed by atoms with Crippen molar-refractivity contribution in [1.29, 1.82) is 0 Å². The zero-order chi connectivity index (χ0) is 27.3. The fourth-order valence-corrected chi connectivity index (χ4v) is 8.37. The molecule has 2 aliphatic carbocycles. The smallest absolute Gasteiger partial charge is 0.261 e. The number of fused-ring (bicyclic) bond motifs is 7. The third kappa shape index (κ3) is 4.93. The molecule has 5 atom stereocenters. The van der Waals surface area contributed by atoms with Crippen molar-refractivity contribution in [3.63, 3.8) is 0 Å². The molecule has 2 N–H and O–H groups in total. The number of amides is 1. The monoisotopic (exact) mass is 580 g/mol. The normalized spacial score (nSPS) is 34.4. The lowest BCUT2D eigenvalue weighted by atomic mass is 9.66. The summed E-state index contributed by atoms with van der Waals surface area (Å²) in [6, 6.07) is 12.2. The van der Waals surface area contributed by atoms with E-state index in [0.29, 0.717) is 49.2 Å². The van der Waals surface area contributed by atoms with Gasteiger partial charge in [-0.05, 0) is 97.3 Å². The third-order valence-electron chi connectivity index (χ3n) is 9.90. The topological polar surface area (TPSA) is 71.0 Å². The van der Waals surface area contributed by atoms with Gasteiger partial charge in [-0.25, -0.2) is 0 Å². The lowest BCUT2D eigenvalue weighted by molar-refractivity contribution is -0.125. The molecule has 3 aliphatic heterocycles. The molecule has 40 heavy (non-hydrogen) atoms. The highest BCUT2D eigenvalue weighted by Crippen LogP contribution is 2.48. The molecule has 2 aromatic rings. The first-order valence-corrected chi connectivity index (χ1v) is 16.0. The first-order valence-electron chi connectivity index (χ1n) is 14.7. The highest BCUT2D eigenvalue weighted by molar-refractivity contribution is 7.98. The zero-order valence-electron chi connectivity index (χ0n) is 22.7. The van der Waals surface area contributed by atoms with Crippen LogP contribution in [-0.2, 0) is 16.6 Å². The van der Waals surface area contributed by atoms with E-state index in [9.17, 15) is 9.90 Å². The summed E-state index contributed by atoms with van der Waals surface area (Å²) in [6.45, 7) is 2.88. The van der Waals surface area contributed by atoms with Gasteiger partial charge >= 0.3 is 0 Å². The molecule has 2 aromatic carbocycles. The highest BCUT2D eigenvalue weighted by Gasteiger charge is 2.46. The maximum absolute atomic E-state index is 13.1. The van der Waals surface area contributed by atoms with Gasteiger partial charge in [-0.15, -0.1) is 0 Å². The Balaban J connectivity index is 1.27. The van der Waals surface area contributed by atoms with Crippen molar-refractivity contribution in [2.45, 2.75) is 62.1 Å². The van der Waals surface area contributed by atoms with Crippen molar-refractivity contribution in [3.8, 4) is 5.75 Å². The van der Waals surface area contributed by atoms with Crippen molar-refractivity contribution < 1.29 is 19.4 Å². The molecule has 1 saturated heterocycles. The molecule has 0 radical (unpaired) electrons. The molecular weight excluding hydrogens is 544 g/mol. The maximum Gasteiger partial charge on any atom is 0.261 e. The van der Waals surface area contributed by atoms with Gasteiger partial charge in [-0.3, -0.25) is 9.52 Å². The van der Waals surface area contributed by atoms with E-state index in [1.807, 2.05) is 36.4 Å². The van der Waals surface area contributed by atoms with E-state index < -0.39 is 5.60 Å². The molecule has 8 heteroatoms. The van der Waals surface area contributed by atoms with E-state index in [-0.39, 0.29) is 17.4 Å². The fourth-order valence-electron chi connectivity index (χ4n) is 7.65. The molecule has 7 rings (SSSR count). The summed E-state index contributed by atoms with van der Waals surface area (Å²) in [5.74, 6) is 2.18. The van der Waals surface area contributed by atoms with Crippen molar-refractivity contribution in [1.82, 2.24) is 4.72 Å². The molecule has 0 unspecified atom stereocenters. The molecule has 1 spiro atoms. The van der Waals surface area contributed by atoms with Gasteiger partial charge in [-0.1, -0.05) is 29.8 Å². The summed E-state index contributed by atoms with van der Waals surface area (Å²) in [7, 11) is 0. The van der Waals surface area contributed by atoms with Crippen LogP contribution in [0.3, 0.4) is 0 Å². The van der Waals surface area contributed by atoms with Gasteiger partial charge in [-0.2, -0.15) is 0 Å². The van der Waals surface area contributed by atoms with Gasteiger partial charge in [0.1, 0.15) is 5.75 Å². The van der Waals surface area contributed by atoms with E-state index in [2.05, 4.69) is 21.8 Å². The molecule has 0 aromatic heterocycles. The minimum atomic E-state index is -0.851. The predicted octanol–water partition coefficient (Wildman–Crippen LogP) is 5.70. The summed E-state index contributed by atoms with van der Waals surface area (Å²) in [5, 5.41) is 12.1. The number of halogens is 1. The summed E-state index contributed by atoms with van der Waals surface area (Å²) in [6.07, 6.45) is 10.6. The summed E-state index contributed by atoms with van der Waals surface area (Å²) in [4.78, 5) is 15.6. The van der Waals surface area contributed by atoms with Gasteiger partial charge in [0.25, 0.3) is 5.91 Å². The minimum Gasteiger partial charge on any atom is -0.490 e. The number of benzene rings is 2. The molecule has 6 nitrogen and oxygen atoms in total. The van der Waals surface area contributed by atoms with Crippen LogP contribution in [0.25, 0.3) is 0 Å². The number of carbonyl (C=O) groups is 1. The number of anilines is 1. The van der Waals surface area contributed by atoms with Crippen LogP contribution in [-0.4, -0.2) is 54.8 Å². The van der Waals surface area contributed by atoms with E-state index in [0.717, 1.165) is 61.7 Å². The number of carbonyl (C=O) groups excluding carboxylic acids is 1. The first kappa shape index (κ1) is 26.7. The number of rotatable bonds is 0. The van der Waals surface area contributed by atoms with Crippen LogP contribution in [0.1, 0.15) is 60.0 Å². The minimum absolute atomic E-state index is 0.0583. The quantitative estimate of drug-likeness (QED) is 0.308. The summed E-state index contributed by atoms with van der Waals surface area (Å²) < 4.78 is 15.9. The van der Waals surface area contributed by atoms with Crippen LogP contribution in [0, 0.1) is 11.8 Å². The van der Waals surface area contributed by atoms with Gasteiger partial charge in [0.15, 0.2) is 0 Å². The Morgan fingerprint density at radius 2 is 2.08 bits per heavy atom. The second-order valence-electron chi connectivity index (χ2n) is 12.4. The standard InChI is InChI=1S/C32H37ClN2O4S/c33-24-6-8-26-21(15-24)3-1-10-31(26)19-35-18-23-4-7-25(23)29-17-32(37,12-13-38-29)11-2-14-40-34-30(36)22-5-9-28(39-20-31)27(35)16-22/h2,5-6,8-9,11,15-16,23,25,29,37H,1,3-4,7,10,12-14,17-20H2,(H,34,36)/b11-2-/t23-,25+,29-,31-,32-/m0/s1. The van der Waals surface area contributed by atoms with E-state index in [4.69, 9.17) is 21.1 Å². The Morgan fingerprint density at radius 3 is 2.95 bits per heavy atom. The van der Waals surface area contributed by atoms with Crippen molar-refractivity contribution >= 4 is 35.1 Å². The van der Waals surface area contributed by atoms with Crippen molar-refractivity contribution in [2.24, 2.45) is 11.8 Å². The molecule has 212 valence electrons. The largest absolute Gasteiger partial charge is 0.490 e. The van der Waals surface area contributed by atoms with Gasteiger partial charge in [0.2, 0.25) is 0 Å². The van der Waals surface area contributed by atoms with Gasteiger partial charge < -0.3 is 19.5 Å². The number of nitrogens with one attached hydrogen (secondary N) is 1. The predicted molar refractivity (Wildman–Crippen MR) is 159 cm³/mol. The van der Waals surface area contributed by atoms with Crippen LogP contribution in [0.2, 0.25) is 5.02 Å². The molecule has 5 aliphatic rings. The van der Waals surface area contributed by atoms with Crippen molar-refractivity contribution in [3.05, 3.63) is 70.3 Å². The number of hydrogen-bond donors (Lipinski definition) is 2. The first-order chi connectivity index (χ1) is 19.4. The Kier molecular flexibility index (Phi) is 7.06. The summed E-state index contributed by atoms with van der Waals surface area (Å²) in [5.41, 5.74) is 3.29. The number of hydrogen-bond acceptors (Lipinski definition) is 6. The Labute approximate surface area is 245 Å². The molecule has 1 amide bonds. The molecular formula is C32H37ClN2O4S. The van der Waals surface area contributed by atoms with Crippen LogP contribution >= 0.6 is 23.5 Å². The second kappa shape index (κ2) is 10.6. The van der Waals surface area contributed by atoms with Crippen LogP contribution in [0.5, 0.6) is 5.75 Å². The fraction of sp³-hybridized carbons (Fsp3) is 0.531. The second-order valence-corrected chi connectivity index (χ2v) is 13.7. The molecule has 3 heterocycles. The van der Waals surface area contributed by atoms with Crippen LogP contribution in [0.4, 0.5) is 5.69 Å². The lowest BCUT2D eigenvalue weighted by Gasteiger charge is -2.48. The Bertz CT molecular complexity index is 1340. The molecule has 2 fully saturated rings. The number of nitrogens with zero attached hydrogens (tertiary/aromatic N) is 1. The SMILES string of the molecule is O=C1NSC/C=C\[C@]2(O)CCO[C@@H](C2)[C@@H]2CC[C@H]2CN2C[C@@]3(CCCc4cc(Cl)ccc43)COc3ccc1cc32.